The van der Waals surface area contributed by atoms with Crippen molar-refractivity contribution in [3.8, 4) is 0 Å². The molecule has 0 aliphatic carbocycles. The number of halogens is 1. The van der Waals surface area contributed by atoms with Gasteiger partial charge < -0.3 is 10.5 Å². The molecule has 0 radical (unpaired) electrons. The van der Waals surface area contributed by atoms with Crippen LogP contribution in [0.3, 0.4) is 0 Å². The van der Waals surface area contributed by atoms with Crippen molar-refractivity contribution in [2.75, 3.05) is 19.7 Å². The van der Waals surface area contributed by atoms with E-state index in [1.165, 1.54) is 12.1 Å². The van der Waals surface area contributed by atoms with Crippen molar-refractivity contribution < 1.29 is 9.66 Å². The number of nitrogens with zero attached hydrogens (tertiary/aromatic N) is 2. The Bertz CT molecular complexity index is 496. The van der Waals surface area contributed by atoms with E-state index in [1.807, 2.05) is 6.92 Å². The average molecular weight is 300 g/mol. The first kappa shape index (κ1) is 15.2. The van der Waals surface area contributed by atoms with E-state index in [0.29, 0.717) is 18.2 Å². The fraction of sp³-hybridized carbons (Fsp3) is 0.538. The first-order valence-corrected chi connectivity index (χ1v) is 6.87. The molecule has 20 heavy (non-hydrogen) atoms. The van der Waals surface area contributed by atoms with Crippen LogP contribution in [0.1, 0.15) is 12.5 Å². The van der Waals surface area contributed by atoms with E-state index in [4.69, 9.17) is 22.1 Å². The molecule has 1 aromatic carbocycles. The number of hydrogen-bond donors (Lipinski definition) is 1. The maximum Gasteiger partial charge on any atom is 0.270 e. The van der Waals surface area contributed by atoms with Crippen molar-refractivity contribution in [1.29, 1.82) is 0 Å². The molecule has 2 rings (SSSR count). The standard InChI is InChI=1S/C13H18ClN3O3/c1-9(15)13-8-16(4-5-20-13)7-10-2-3-11(17(18)19)6-12(10)14/h2-3,6,9,13H,4-5,7-8,15H2,1H3. The molecular formula is C13H18ClN3O3. The highest BCUT2D eigenvalue weighted by Gasteiger charge is 2.24. The lowest BCUT2D eigenvalue weighted by molar-refractivity contribution is -0.384. The van der Waals surface area contributed by atoms with E-state index in [2.05, 4.69) is 4.90 Å². The fourth-order valence-electron chi connectivity index (χ4n) is 2.21. The second-order valence-corrected chi connectivity index (χ2v) is 5.44. The van der Waals surface area contributed by atoms with Gasteiger partial charge in [-0.2, -0.15) is 0 Å². The van der Waals surface area contributed by atoms with E-state index < -0.39 is 4.92 Å². The normalized spacial score (nSPS) is 21.6. The Morgan fingerprint density at radius 2 is 2.40 bits per heavy atom. The smallest absolute Gasteiger partial charge is 0.270 e. The van der Waals surface area contributed by atoms with Crippen LogP contribution in [0, 0.1) is 10.1 Å². The maximum absolute atomic E-state index is 10.7. The zero-order valence-electron chi connectivity index (χ0n) is 11.3. The monoisotopic (exact) mass is 299 g/mol. The summed E-state index contributed by atoms with van der Waals surface area (Å²) in [5.74, 6) is 0. The highest BCUT2D eigenvalue weighted by Crippen LogP contribution is 2.24. The predicted molar refractivity (Wildman–Crippen MR) is 76.8 cm³/mol. The van der Waals surface area contributed by atoms with E-state index >= 15 is 0 Å². The van der Waals surface area contributed by atoms with Crippen LogP contribution in [0.2, 0.25) is 5.02 Å². The summed E-state index contributed by atoms with van der Waals surface area (Å²) in [4.78, 5) is 12.4. The Balaban J connectivity index is 2.04. The summed E-state index contributed by atoms with van der Waals surface area (Å²) in [7, 11) is 0. The molecule has 110 valence electrons. The second-order valence-electron chi connectivity index (χ2n) is 5.04. The lowest BCUT2D eigenvalue weighted by atomic mass is 10.1. The summed E-state index contributed by atoms with van der Waals surface area (Å²) in [5, 5.41) is 11.1. The maximum atomic E-state index is 10.7. The first-order chi connectivity index (χ1) is 9.47. The van der Waals surface area contributed by atoms with Crippen molar-refractivity contribution in [3.05, 3.63) is 38.9 Å². The molecule has 1 aliphatic rings. The van der Waals surface area contributed by atoms with Crippen molar-refractivity contribution >= 4 is 17.3 Å². The first-order valence-electron chi connectivity index (χ1n) is 6.49. The zero-order chi connectivity index (χ0) is 14.7. The number of nitro benzene ring substituents is 1. The van der Waals surface area contributed by atoms with Gasteiger partial charge in [-0.05, 0) is 18.6 Å². The van der Waals surface area contributed by atoms with Crippen LogP contribution in [-0.2, 0) is 11.3 Å². The number of ether oxygens (including phenoxy) is 1. The van der Waals surface area contributed by atoms with Crippen LogP contribution in [0.4, 0.5) is 5.69 Å². The lowest BCUT2D eigenvalue weighted by Crippen LogP contribution is -2.49. The number of benzene rings is 1. The Hall–Kier alpha value is -1.21. The Morgan fingerprint density at radius 3 is 3.00 bits per heavy atom. The summed E-state index contributed by atoms with van der Waals surface area (Å²) in [6.45, 7) is 4.74. The molecule has 1 saturated heterocycles. The minimum Gasteiger partial charge on any atom is -0.374 e. The van der Waals surface area contributed by atoms with Gasteiger partial charge in [-0.15, -0.1) is 0 Å². The Morgan fingerprint density at radius 1 is 1.65 bits per heavy atom. The molecule has 1 heterocycles. The summed E-state index contributed by atoms with van der Waals surface area (Å²) >= 11 is 6.10. The van der Waals surface area contributed by atoms with Gasteiger partial charge in [0.15, 0.2) is 0 Å². The number of non-ortho nitro benzene ring substituents is 1. The summed E-state index contributed by atoms with van der Waals surface area (Å²) in [6.07, 6.45) is 0.0144. The topological polar surface area (TPSA) is 81.6 Å². The molecule has 2 atom stereocenters. The van der Waals surface area contributed by atoms with Gasteiger partial charge in [0, 0.05) is 37.8 Å². The third kappa shape index (κ3) is 3.67. The number of morpholine rings is 1. The minimum atomic E-state index is -0.448. The third-order valence-corrected chi connectivity index (χ3v) is 3.76. The number of rotatable bonds is 4. The molecule has 0 saturated carbocycles. The van der Waals surface area contributed by atoms with Crippen LogP contribution in [0.15, 0.2) is 18.2 Å². The SMILES string of the molecule is CC(N)C1CN(Cc2ccc([N+](=O)[O-])cc2Cl)CCO1. The molecule has 1 fully saturated rings. The Kier molecular flexibility index (Phi) is 4.93. The lowest BCUT2D eigenvalue weighted by Gasteiger charge is -2.34. The van der Waals surface area contributed by atoms with Gasteiger partial charge >= 0.3 is 0 Å². The van der Waals surface area contributed by atoms with Crippen LogP contribution in [-0.4, -0.2) is 41.7 Å². The largest absolute Gasteiger partial charge is 0.374 e. The fourth-order valence-corrected chi connectivity index (χ4v) is 2.45. The van der Waals surface area contributed by atoms with Gasteiger partial charge in [0.1, 0.15) is 0 Å². The van der Waals surface area contributed by atoms with E-state index in [9.17, 15) is 10.1 Å². The second kappa shape index (κ2) is 6.49. The van der Waals surface area contributed by atoms with Crippen molar-refractivity contribution in [3.63, 3.8) is 0 Å². The molecular weight excluding hydrogens is 282 g/mol. The molecule has 0 bridgehead atoms. The molecule has 7 heteroatoms. The molecule has 0 amide bonds. The third-order valence-electron chi connectivity index (χ3n) is 3.41. The number of hydrogen-bond acceptors (Lipinski definition) is 5. The van der Waals surface area contributed by atoms with Gasteiger partial charge in [0.05, 0.1) is 22.7 Å². The summed E-state index contributed by atoms with van der Waals surface area (Å²) in [5.41, 5.74) is 6.74. The molecule has 0 spiro atoms. The quantitative estimate of drug-likeness (QED) is 0.677. The van der Waals surface area contributed by atoms with Gasteiger partial charge in [0.25, 0.3) is 5.69 Å². The van der Waals surface area contributed by atoms with E-state index in [0.717, 1.165) is 18.7 Å². The molecule has 1 aromatic rings. The number of nitro groups is 1. The van der Waals surface area contributed by atoms with E-state index in [1.54, 1.807) is 6.07 Å². The molecule has 1 aliphatic heterocycles. The van der Waals surface area contributed by atoms with Crippen LogP contribution < -0.4 is 5.73 Å². The molecule has 2 unspecified atom stereocenters. The van der Waals surface area contributed by atoms with Gasteiger partial charge in [0.2, 0.25) is 0 Å². The van der Waals surface area contributed by atoms with Gasteiger partial charge in [-0.1, -0.05) is 11.6 Å². The van der Waals surface area contributed by atoms with Crippen molar-refractivity contribution in [2.24, 2.45) is 5.73 Å². The zero-order valence-corrected chi connectivity index (χ0v) is 12.0. The summed E-state index contributed by atoms with van der Waals surface area (Å²) < 4.78 is 5.60. The van der Waals surface area contributed by atoms with Crippen LogP contribution in [0.5, 0.6) is 0 Å². The minimum absolute atomic E-state index is 0.00850. The predicted octanol–water partition coefficient (Wildman–Crippen LogP) is 1.80. The molecule has 6 nitrogen and oxygen atoms in total. The van der Waals surface area contributed by atoms with Crippen LogP contribution >= 0.6 is 11.6 Å². The van der Waals surface area contributed by atoms with Crippen molar-refractivity contribution in [1.82, 2.24) is 4.90 Å². The highest BCUT2D eigenvalue weighted by atomic mass is 35.5. The van der Waals surface area contributed by atoms with Gasteiger partial charge in [-0.25, -0.2) is 0 Å². The van der Waals surface area contributed by atoms with E-state index in [-0.39, 0.29) is 17.8 Å². The molecule has 0 aromatic heterocycles. The van der Waals surface area contributed by atoms with Crippen molar-refractivity contribution in [2.45, 2.75) is 25.6 Å². The molecule has 2 N–H and O–H groups in total. The Labute approximate surface area is 122 Å². The summed E-state index contributed by atoms with van der Waals surface area (Å²) in [6, 6.07) is 4.55. The van der Waals surface area contributed by atoms with Crippen LogP contribution in [0.25, 0.3) is 0 Å². The highest BCUT2D eigenvalue weighted by molar-refractivity contribution is 6.31. The van der Waals surface area contributed by atoms with Gasteiger partial charge in [-0.3, -0.25) is 15.0 Å². The average Bonchev–Trinajstić information content (AvgIpc) is 2.41. The number of nitrogens with two attached hydrogens (primary N) is 1.